The lowest BCUT2D eigenvalue weighted by Gasteiger charge is -2.28. The van der Waals surface area contributed by atoms with Gasteiger partial charge >= 0.3 is 0 Å². The fraction of sp³-hybridized carbons (Fsp3) is 0.684. The first kappa shape index (κ1) is 57.4. The minimum Gasteiger partial charge on any atom is -0.405 e. The van der Waals surface area contributed by atoms with Crippen LogP contribution in [0.1, 0.15) is 113 Å². The van der Waals surface area contributed by atoms with Gasteiger partial charge < -0.3 is 33.2 Å². The Labute approximate surface area is 279 Å². The molecule has 0 aromatic carbocycles. The lowest BCUT2D eigenvalue weighted by atomic mass is 9.87. The van der Waals surface area contributed by atoms with Crippen molar-refractivity contribution in [2.24, 2.45) is 34.5 Å². The monoisotopic (exact) mass is 625 g/mol. The number of nitrogens with one attached hydrogen (secondary N) is 3. The number of rotatable bonds is 14. The van der Waals surface area contributed by atoms with Crippen molar-refractivity contribution in [3.05, 3.63) is 75.8 Å². The molecule has 1 rings (SSSR count). The van der Waals surface area contributed by atoms with Crippen LogP contribution in [0, 0.1) is 17.3 Å². The maximum absolute atomic E-state index is 4.61. The van der Waals surface area contributed by atoms with Crippen molar-refractivity contribution in [3.8, 4) is 0 Å². The molecular formula is C38H84N6. The molecule has 0 amide bonds. The molecule has 0 aromatic heterocycles. The topological polar surface area (TPSA) is 114 Å². The van der Waals surface area contributed by atoms with Gasteiger partial charge in [-0.25, -0.2) is 0 Å². The van der Waals surface area contributed by atoms with Gasteiger partial charge in [-0.1, -0.05) is 145 Å². The van der Waals surface area contributed by atoms with Gasteiger partial charge in [-0.05, 0) is 82.3 Å². The van der Waals surface area contributed by atoms with Gasteiger partial charge in [-0.3, -0.25) is 0 Å². The minimum absolute atomic E-state index is 0.286. The van der Waals surface area contributed by atoms with Gasteiger partial charge in [0, 0.05) is 13.1 Å². The molecule has 9 N–H and O–H groups in total. The van der Waals surface area contributed by atoms with Gasteiger partial charge in [0.15, 0.2) is 0 Å². The lowest BCUT2D eigenvalue weighted by Crippen LogP contribution is -2.38. The normalized spacial score (nSPS) is 11.5. The van der Waals surface area contributed by atoms with Crippen LogP contribution in [0.4, 0.5) is 0 Å². The molecule has 0 aliphatic heterocycles. The van der Waals surface area contributed by atoms with E-state index in [0.717, 1.165) is 19.0 Å². The molecule has 0 bridgehead atoms. The predicted molar refractivity (Wildman–Crippen MR) is 210 cm³/mol. The quantitative estimate of drug-likeness (QED) is 0.0653. The van der Waals surface area contributed by atoms with E-state index in [2.05, 4.69) is 128 Å². The van der Waals surface area contributed by atoms with E-state index >= 15 is 0 Å². The number of hydrogen-bond donors (Lipinski definition) is 6. The Bertz CT molecular complexity index is 556. The van der Waals surface area contributed by atoms with Crippen LogP contribution >= 0.6 is 0 Å². The van der Waals surface area contributed by atoms with Crippen molar-refractivity contribution in [1.82, 2.24) is 16.0 Å². The number of allylic oxidation sites excluding steroid dienone is 2. The van der Waals surface area contributed by atoms with Crippen LogP contribution in [0.3, 0.4) is 0 Å². The van der Waals surface area contributed by atoms with Crippen LogP contribution in [-0.2, 0) is 0 Å². The van der Waals surface area contributed by atoms with E-state index in [1.165, 1.54) is 82.8 Å². The first-order valence-electron chi connectivity index (χ1n) is 16.6. The zero-order valence-corrected chi connectivity index (χ0v) is 31.9. The smallest absolute Gasteiger partial charge is 0.0296 e. The molecule has 1 saturated carbocycles. The summed E-state index contributed by atoms with van der Waals surface area (Å²) < 4.78 is 0. The summed E-state index contributed by atoms with van der Waals surface area (Å²) in [6.45, 7) is 41.1. The van der Waals surface area contributed by atoms with E-state index in [0.29, 0.717) is 12.0 Å². The predicted octanol–water partition coefficient (Wildman–Crippen LogP) is 9.06. The van der Waals surface area contributed by atoms with Crippen LogP contribution in [0.25, 0.3) is 0 Å². The van der Waals surface area contributed by atoms with Gasteiger partial charge in [0.1, 0.15) is 0 Å². The van der Waals surface area contributed by atoms with Crippen LogP contribution in [0.5, 0.6) is 0 Å². The fourth-order valence-corrected chi connectivity index (χ4v) is 2.68. The van der Waals surface area contributed by atoms with Crippen molar-refractivity contribution in [2.45, 2.75) is 119 Å². The summed E-state index contributed by atoms with van der Waals surface area (Å²) in [5.41, 5.74) is 15.2. The average molecular weight is 625 g/mol. The summed E-state index contributed by atoms with van der Waals surface area (Å²) in [5, 5.41) is 9.36. The van der Waals surface area contributed by atoms with Gasteiger partial charge in [-0.2, -0.15) is 0 Å². The van der Waals surface area contributed by atoms with Crippen molar-refractivity contribution in [1.29, 1.82) is 0 Å². The zero-order chi connectivity index (χ0) is 36.2. The number of nitrogens with two attached hydrogens (primary N) is 3. The molecule has 44 heavy (non-hydrogen) atoms. The molecule has 2 unspecified atom stereocenters. The lowest BCUT2D eigenvalue weighted by molar-refractivity contribution is 0.312. The molecule has 1 aliphatic carbocycles. The fourth-order valence-electron chi connectivity index (χ4n) is 2.68. The van der Waals surface area contributed by atoms with E-state index < -0.39 is 0 Å². The summed E-state index contributed by atoms with van der Waals surface area (Å²) in [5.74, 6) is 1.68. The second kappa shape index (κ2) is 53.3. The van der Waals surface area contributed by atoms with Crippen LogP contribution in [0.15, 0.2) is 75.8 Å². The van der Waals surface area contributed by atoms with Gasteiger partial charge in [-0.15, -0.1) is 6.58 Å². The van der Waals surface area contributed by atoms with Crippen LogP contribution in [0.2, 0.25) is 0 Å². The minimum atomic E-state index is 0.286. The Morgan fingerprint density at radius 3 is 1.50 bits per heavy atom. The molecule has 0 heterocycles. The summed E-state index contributed by atoms with van der Waals surface area (Å²) >= 11 is 0. The van der Waals surface area contributed by atoms with Gasteiger partial charge in [0.25, 0.3) is 0 Å². The Morgan fingerprint density at radius 1 is 0.864 bits per heavy atom. The highest BCUT2D eigenvalue weighted by molar-refractivity contribution is 5.13. The molecule has 6 nitrogen and oxygen atoms in total. The molecule has 266 valence electrons. The number of unbranched alkanes of at least 4 members (excludes halogenated alkanes) is 3. The molecular weight excluding hydrogens is 540 g/mol. The molecule has 1 aliphatic rings. The maximum atomic E-state index is 4.61. The molecule has 6 heteroatoms. The van der Waals surface area contributed by atoms with E-state index in [-0.39, 0.29) is 5.41 Å². The molecule has 0 spiro atoms. The summed E-state index contributed by atoms with van der Waals surface area (Å²) in [7, 11) is 5.30. The third-order valence-corrected chi connectivity index (χ3v) is 5.59. The maximum Gasteiger partial charge on any atom is 0.0296 e. The number of hydrogen-bond acceptors (Lipinski definition) is 6. The SMILES string of the molecule is C=CC(=C)C(C)CCCCNC.C=CC(NCCCCC)C(C)(C)C.C=CN.C=CN.C=CNC.CC1CC1.CCC.CN. The molecule has 0 aromatic rings. The largest absolute Gasteiger partial charge is 0.405 e. The third-order valence-electron chi connectivity index (χ3n) is 5.59. The first-order valence-corrected chi connectivity index (χ1v) is 16.6. The van der Waals surface area contributed by atoms with Crippen LogP contribution < -0.4 is 33.2 Å². The Kier molecular flexibility index (Phi) is 69.5. The van der Waals surface area contributed by atoms with E-state index in [9.17, 15) is 0 Å². The highest BCUT2D eigenvalue weighted by Crippen LogP contribution is 2.26. The Morgan fingerprint density at radius 2 is 1.25 bits per heavy atom. The van der Waals surface area contributed by atoms with Crippen molar-refractivity contribution >= 4 is 0 Å². The first-order chi connectivity index (χ1) is 20.8. The average Bonchev–Trinajstić information content (AvgIpc) is 3.79. The third kappa shape index (κ3) is 77.5. The summed E-state index contributed by atoms with van der Waals surface area (Å²) in [4.78, 5) is 0. The Hall–Kier alpha value is -2.28. The van der Waals surface area contributed by atoms with Crippen LogP contribution in [-0.4, -0.2) is 40.3 Å². The van der Waals surface area contributed by atoms with E-state index in [1.54, 1.807) is 6.20 Å². The molecule has 0 saturated heterocycles. The highest BCUT2D eigenvalue weighted by atomic mass is 14.9. The molecule has 2 atom stereocenters. The van der Waals surface area contributed by atoms with Crippen molar-refractivity contribution < 1.29 is 0 Å². The molecule has 1 fully saturated rings. The standard InChI is InChI=1S/C12H25N.C11H21N.C4H8.C3H7N.C3H8.2C2H5N.CH5N/c1-6-8-9-10-13-11(7-2)12(3,4)5;1-5-10(2)11(3)8-6-7-9-12-4;1-4-2-3-4;1-3-4-2;1-3-2;2*1-2-3;1-2/h7,11,13H,2,6,8-10H2,1,3-5H3;5,11-12H,1-2,6-9H2,3-4H3;4H,2-3H2,1H3;3-4H,1H2,2H3;3H2,1-2H3;2*2H,1,3H2;2H2,1H3. The second-order valence-corrected chi connectivity index (χ2v) is 11.4. The van der Waals surface area contributed by atoms with Gasteiger partial charge in [0.05, 0.1) is 0 Å². The van der Waals surface area contributed by atoms with E-state index in [4.69, 9.17) is 0 Å². The van der Waals surface area contributed by atoms with Crippen molar-refractivity contribution in [3.63, 3.8) is 0 Å². The van der Waals surface area contributed by atoms with Crippen molar-refractivity contribution in [2.75, 3.05) is 34.2 Å². The summed E-state index contributed by atoms with van der Waals surface area (Å²) in [6.07, 6.45) is 19.9. The highest BCUT2D eigenvalue weighted by Gasteiger charge is 2.20. The second-order valence-electron chi connectivity index (χ2n) is 11.4. The summed E-state index contributed by atoms with van der Waals surface area (Å²) in [6, 6.07) is 0.435. The zero-order valence-electron chi connectivity index (χ0n) is 31.9. The Balaban J connectivity index is -0.0000000796. The van der Waals surface area contributed by atoms with E-state index in [1.807, 2.05) is 26.2 Å². The molecule has 0 radical (unpaired) electrons. The van der Waals surface area contributed by atoms with Gasteiger partial charge in [0.2, 0.25) is 0 Å².